The quantitative estimate of drug-likeness (QED) is 0.633. The molecule has 0 fully saturated rings. The molecule has 0 aliphatic rings. The molecule has 1 aromatic rings. The van der Waals surface area contributed by atoms with E-state index in [1.54, 1.807) is 0 Å². The third-order valence-electron chi connectivity index (χ3n) is 2.87. The average Bonchev–Trinajstić information content (AvgIpc) is 2.33. The first-order valence-electron chi connectivity index (χ1n) is 6.77. The van der Waals surface area contributed by atoms with E-state index in [1.165, 1.54) is 0 Å². The molecule has 0 aromatic carbocycles. The third kappa shape index (κ3) is 4.14. The van der Waals surface area contributed by atoms with Crippen LogP contribution >= 0.6 is 0 Å². The highest BCUT2D eigenvalue weighted by Gasteiger charge is 2.24. The van der Waals surface area contributed by atoms with Gasteiger partial charge in [0.05, 0.1) is 5.69 Å². The predicted octanol–water partition coefficient (Wildman–Crippen LogP) is 2.79. The number of nitrogens with two attached hydrogens (primary N) is 1. The number of nitrogens with one attached hydrogen (secondary N) is 1. The second-order valence-corrected chi connectivity index (χ2v) is 6.01. The molecule has 3 N–H and O–H groups in total. The fraction of sp³-hybridized carbons (Fsp3) is 0.714. The van der Waals surface area contributed by atoms with Crippen LogP contribution in [0.2, 0.25) is 0 Å². The molecule has 1 unspecified atom stereocenters. The van der Waals surface area contributed by atoms with E-state index in [4.69, 9.17) is 10.6 Å². The van der Waals surface area contributed by atoms with Crippen molar-refractivity contribution in [1.82, 2.24) is 9.97 Å². The SMILES string of the molecule is CCOC(c1nc(NN)cc(C(C)(C)C)n1)C(C)C. The van der Waals surface area contributed by atoms with Gasteiger partial charge in [-0.25, -0.2) is 15.8 Å². The highest BCUT2D eigenvalue weighted by atomic mass is 16.5. The molecule has 19 heavy (non-hydrogen) atoms. The molecule has 1 aromatic heterocycles. The summed E-state index contributed by atoms with van der Waals surface area (Å²) in [5.74, 6) is 7.12. The van der Waals surface area contributed by atoms with Crippen molar-refractivity contribution in [3.8, 4) is 0 Å². The Kier molecular flexibility index (Phi) is 5.26. The van der Waals surface area contributed by atoms with Crippen molar-refractivity contribution in [2.24, 2.45) is 11.8 Å². The van der Waals surface area contributed by atoms with Crippen LogP contribution in [-0.4, -0.2) is 16.6 Å². The van der Waals surface area contributed by atoms with E-state index < -0.39 is 0 Å². The van der Waals surface area contributed by atoms with Gasteiger partial charge >= 0.3 is 0 Å². The summed E-state index contributed by atoms with van der Waals surface area (Å²) in [5.41, 5.74) is 3.51. The van der Waals surface area contributed by atoms with E-state index in [1.807, 2.05) is 13.0 Å². The van der Waals surface area contributed by atoms with Gasteiger partial charge in [-0.3, -0.25) is 0 Å². The van der Waals surface area contributed by atoms with E-state index in [-0.39, 0.29) is 11.5 Å². The summed E-state index contributed by atoms with van der Waals surface area (Å²) >= 11 is 0. The van der Waals surface area contributed by atoms with Gasteiger partial charge in [0.15, 0.2) is 5.82 Å². The lowest BCUT2D eigenvalue weighted by Crippen LogP contribution is -2.22. The number of ether oxygens (including phenoxy) is 1. The summed E-state index contributed by atoms with van der Waals surface area (Å²) in [6, 6.07) is 1.88. The molecule has 0 saturated heterocycles. The van der Waals surface area contributed by atoms with E-state index >= 15 is 0 Å². The zero-order valence-corrected chi connectivity index (χ0v) is 12.8. The fourth-order valence-corrected chi connectivity index (χ4v) is 1.80. The van der Waals surface area contributed by atoms with Gasteiger partial charge in [-0.2, -0.15) is 0 Å². The van der Waals surface area contributed by atoms with E-state index in [2.05, 4.69) is 50.0 Å². The standard InChI is InChI=1S/C14H26N4O/c1-7-19-12(9(2)3)13-16-10(14(4,5)6)8-11(17-13)18-15/h8-9,12H,7,15H2,1-6H3,(H,16,17,18). The Balaban J connectivity index is 3.25. The molecule has 1 rings (SSSR count). The van der Waals surface area contributed by atoms with Gasteiger partial charge in [0.2, 0.25) is 0 Å². The van der Waals surface area contributed by atoms with Crippen LogP contribution in [0.25, 0.3) is 0 Å². The Hall–Kier alpha value is -1.20. The smallest absolute Gasteiger partial charge is 0.160 e. The van der Waals surface area contributed by atoms with E-state index in [0.29, 0.717) is 24.2 Å². The molecular formula is C14H26N4O. The molecule has 0 amide bonds. The Morgan fingerprint density at radius 1 is 1.32 bits per heavy atom. The molecule has 0 aliphatic carbocycles. The van der Waals surface area contributed by atoms with Gasteiger partial charge in [-0.15, -0.1) is 0 Å². The van der Waals surface area contributed by atoms with Crippen molar-refractivity contribution in [2.75, 3.05) is 12.0 Å². The van der Waals surface area contributed by atoms with Crippen molar-refractivity contribution in [2.45, 2.75) is 53.1 Å². The highest BCUT2D eigenvalue weighted by Crippen LogP contribution is 2.28. The number of nitrogen functional groups attached to an aromatic ring is 1. The van der Waals surface area contributed by atoms with Gasteiger partial charge in [-0.05, 0) is 12.8 Å². The molecule has 0 radical (unpaired) electrons. The summed E-state index contributed by atoms with van der Waals surface area (Å²) in [5, 5.41) is 0. The summed E-state index contributed by atoms with van der Waals surface area (Å²) in [6.45, 7) is 13.2. The van der Waals surface area contributed by atoms with Crippen LogP contribution in [-0.2, 0) is 10.2 Å². The lowest BCUT2D eigenvalue weighted by molar-refractivity contribution is 0.0230. The molecule has 0 aliphatic heterocycles. The minimum atomic E-state index is -0.112. The van der Waals surface area contributed by atoms with Crippen LogP contribution in [0.1, 0.15) is 59.2 Å². The van der Waals surface area contributed by atoms with Crippen LogP contribution in [0.5, 0.6) is 0 Å². The third-order valence-corrected chi connectivity index (χ3v) is 2.87. The molecule has 5 nitrogen and oxygen atoms in total. The molecule has 1 atom stereocenters. The zero-order valence-electron chi connectivity index (χ0n) is 12.8. The van der Waals surface area contributed by atoms with E-state index in [0.717, 1.165) is 5.69 Å². The lowest BCUT2D eigenvalue weighted by atomic mass is 9.91. The summed E-state index contributed by atoms with van der Waals surface area (Å²) < 4.78 is 5.76. The topological polar surface area (TPSA) is 73.1 Å². The van der Waals surface area contributed by atoms with Crippen molar-refractivity contribution in [1.29, 1.82) is 0 Å². The monoisotopic (exact) mass is 266 g/mol. The number of nitrogens with zero attached hydrogens (tertiary/aromatic N) is 2. The molecule has 1 heterocycles. The fourth-order valence-electron chi connectivity index (χ4n) is 1.80. The summed E-state index contributed by atoms with van der Waals surface area (Å²) in [4.78, 5) is 9.09. The molecule has 5 heteroatoms. The number of rotatable bonds is 5. The summed E-state index contributed by atoms with van der Waals surface area (Å²) in [7, 11) is 0. The van der Waals surface area contributed by atoms with Crippen LogP contribution in [0.4, 0.5) is 5.82 Å². The second kappa shape index (κ2) is 6.30. The average molecular weight is 266 g/mol. The largest absolute Gasteiger partial charge is 0.370 e. The van der Waals surface area contributed by atoms with Crippen molar-refractivity contribution >= 4 is 5.82 Å². The Bertz CT molecular complexity index is 412. The first-order valence-corrected chi connectivity index (χ1v) is 6.77. The maximum absolute atomic E-state index is 5.76. The number of hydrogen-bond donors (Lipinski definition) is 2. The first-order chi connectivity index (χ1) is 8.79. The van der Waals surface area contributed by atoms with Crippen molar-refractivity contribution in [3.05, 3.63) is 17.6 Å². The second-order valence-electron chi connectivity index (χ2n) is 6.01. The number of anilines is 1. The Morgan fingerprint density at radius 3 is 2.37 bits per heavy atom. The van der Waals surface area contributed by atoms with Gasteiger partial charge in [0, 0.05) is 18.1 Å². The minimum absolute atomic E-state index is 0.0585. The zero-order chi connectivity index (χ0) is 14.6. The van der Waals surface area contributed by atoms with Crippen molar-refractivity contribution < 1.29 is 4.74 Å². The normalized spacial score (nSPS) is 13.7. The van der Waals surface area contributed by atoms with E-state index in [9.17, 15) is 0 Å². The minimum Gasteiger partial charge on any atom is -0.370 e. The van der Waals surface area contributed by atoms with Crippen LogP contribution < -0.4 is 11.3 Å². The lowest BCUT2D eigenvalue weighted by Gasteiger charge is -2.24. The molecule has 0 bridgehead atoms. The van der Waals surface area contributed by atoms with Gasteiger partial charge in [-0.1, -0.05) is 34.6 Å². The van der Waals surface area contributed by atoms with Crippen LogP contribution in [0.15, 0.2) is 6.07 Å². The molecule has 108 valence electrons. The van der Waals surface area contributed by atoms with Gasteiger partial charge in [0.1, 0.15) is 11.9 Å². The summed E-state index contributed by atoms with van der Waals surface area (Å²) in [6.07, 6.45) is -0.112. The highest BCUT2D eigenvalue weighted by molar-refractivity contribution is 5.37. The number of hydrogen-bond acceptors (Lipinski definition) is 5. The Labute approximate surface area is 115 Å². The number of aromatic nitrogens is 2. The van der Waals surface area contributed by atoms with Crippen molar-refractivity contribution in [3.63, 3.8) is 0 Å². The molecular weight excluding hydrogens is 240 g/mol. The first kappa shape index (κ1) is 15.9. The maximum atomic E-state index is 5.76. The Morgan fingerprint density at radius 2 is 1.95 bits per heavy atom. The maximum Gasteiger partial charge on any atom is 0.160 e. The van der Waals surface area contributed by atoms with Crippen LogP contribution in [0, 0.1) is 5.92 Å². The van der Waals surface area contributed by atoms with Gasteiger partial charge < -0.3 is 10.2 Å². The van der Waals surface area contributed by atoms with Crippen LogP contribution in [0.3, 0.4) is 0 Å². The van der Waals surface area contributed by atoms with Gasteiger partial charge in [0.25, 0.3) is 0 Å². The number of hydrazine groups is 1. The predicted molar refractivity (Wildman–Crippen MR) is 77.7 cm³/mol. The molecule has 0 saturated carbocycles. The molecule has 0 spiro atoms.